The van der Waals surface area contributed by atoms with E-state index in [1.165, 1.54) is 5.56 Å². The summed E-state index contributed by atoms with van der Waals surface area (Å²) >= 11 is 1.62. The van der Waals surface area contributed by atoms with Crippen LogP contribution in [-0.2, 0) is 10.5 Å². The quantitative estimate of drug-likeness (QED) is 0.844. The third kappa shape index (κ3) is 4.88. The van der Waals surface area contributed by atoms with Crippen LogP contribution in [-0.4, -0.2) is 17.2 Å². The third-order valence-electron chi connectivity index (χ3n) is 2.08. The molecule has 0 radical (unpaired) electrons. The summed E-state index contributed by atoms with van der Waals surface area (Å²) in [7, 11) is 0. The number of primary amides is 1. The molecule has 1 amide bonds. The minimum absolute atomic E-state index is 0. The fraction of sp³-hybridized carbons (Fsp3) is 0.364. The molecule has 3 nitrogen and oxygen atoms in total. The number of hydrogen-bond acceptors (Lipinski definition) is 3. The molecule has 1 aromatic carbocycles. The van der Waals surface area contributed by atoms with Gasteiger partial charge in [0.15, 0.2) is 0 Å². The summed E-state index contributed by atoms with van der Waals surface area (Å²) in [5, 5.41) is 0. The molecule has 4 N–H and O–H groups in total. The van der Waals surface area contributed by atoms with Gasteiger partial charge >= 0.3 is 0 Å². The molecule has 1 atom stereocenters. The molecule has 0 unspecified atom stereocenters. The number of amides is 1. The Morgan fingerprint density at radius 3 is 2.44 bits per heavy atom. The number of halogens is 1. The van der Waals surface area contributed by atoms with Gasteiger partial charge in [0.25, 0.3) is 0 Å². The van der Waals surface area contributed by atoms with Gasteiger partial charge in [0.05, 0.1) is 0 Å². The van der Waals surface area contributed by atoms with Gasteiger partial charge in [-0.15, -0.1) is 12.4 Å². The minimum Gasteiger partial charge on any atom is -0.368 e. The molecule has 1 aromatic rings. The zero-order valence-electron chi connectivity index (χ0n) is 9.18. The van der Waals surface area contributed by atoms with Crippen LogP contribution in [0.15, 0.2) is 30.3 Å². The van der Waals surface area contributed by atoms with Crippen molar-refractivity contribution in [1.29, 1.82) is 0 Å². The van der Waals surface area contributed by atoms with Crippen molar-refractivity contribution in [3.05, 3.63) is 35.9 Å². The van der Waals surface area contributed by atoms with E-state index in [0.29, 0.717) is 5.75 Å². The second-order valence-corrected chi connectivity index (χ2v) is 4.75. The summed E-state index contributed by atoms with van der Waals surface area (Å²) in [4.78, 5) is 10.9. The number of carbonyl (C=O) groups is 1. The molecule has 0 heterocycles. The van der Waals surface area contributed by atoms with Crippen molar-refractivity contribution in [2.45, 2.75) is 18.2 Å². The number of carbonyl (C=O) groups excluding carboxylic acids is 1. The Bertz CT molecular complexity index is 330. The Hall–Kier alpha value is -0.710. The largest absolute Gasteiger partial charge is 0.368 e. The SMILES string of the molecule is C[C@@](N)(CSCc1ccccc1)C(N)=O.Cl. The average molecular weight is 261 g/mol. The van der Waals surface area contributed by atoms with Crippen LogP contribution in [0.5, 0.6) is 0 Å². The monoisotopic (exact) mass is 260 g/mol. The molecule has 1 rings (SSSR count). The molecule has 0 spiro atoms. The van der Waals surface area contributed by atoms with Crippen LogP contribution < -0.4 is 11.5 Å². The summed E-state index contributed by atoms with van der Waals surface area (Å²) in [6.07, 6.45) is 0. The number of nitrogens with two attached hydrogens (primary N) is 2. The van der Waals surface area contributed by atoms with E-state index in [4.69, 9.17) is 11.5 Å². The predicted octanol–water partition coefficient (Wildman–Crippen LogP) is 1.54. The van der Waals surface area contributed by atoms with Crippen molar-refractivity contribution < 1.29 is 4.79 Å². The molecule has 0 bridgehead atoms. The lowest BCUT2D eigenvalue weighted by Gasteiger charge is -2.19. The van der Waals surface area contributed by atoms with Gasteiger partial charge in [-0.2, -0.15) is 11.8 Å². The average Bonchev–Trinajstić information content (AvgIpc) is 2.19. The molecule has 5 heteroatoms. The van der Waals surface area contributed by atoms with Crippen LogP contribution in [0.2, 0.25) is 0 Å². The van der Waals surface area contributed by atoms with E-state index in [2.05, 4.69) is 0 Å². The fourth-order valence-electron chi connectivity index (χ4n) is 1.03. The molecule has 0 aliphatic rings. The van der Waals surface area contributed by atoms with Crippen molar-refractivity contribution in [3.8, 4) is 0 Å². The second kappa shape index (κ2) is 6.78. The van der Waals surface area contributed by atoms with Gasteiger partial charge in [-0.25, -0.2) is 0 Å². The van der Waals surface area contributed by atoms with E-state index in [0.717, 1.165) is 5.75 Å². The lowest BCUT2D eigenvalue weighted by atomic mass is 10.1. The zero-order valence-corrected chi connectivity index (χ0v) is 10.8. The summed E-state index contributed by atoms with van der Waals surface area (Å²) < 4.78 is 0. The standard InChI is InChI=1S/C11H16N2OS.ClH/c1-11(13,10(12)14)8-15-7-9-5-3-2-4-6-9;/h2-6H,7-8,13H2,1H3,(H2,12,14);1H/t11-;/m1./s1. The highest BCUT2D eigenvalue weighted by Gasteiger charge is 2.25. The maximum Gasteiger partial charge on any atom is 0.238 e. The number of rotatable bonds is 5. The van der Waals surface area contributed by atoms with Crippen molar-refractivity contribution in [1.82, 2.24) is 0 Å². The van der Waals surface area contributed by atoms with Crippen LogP contribution >= 0.6 is 24.2 Å². The van der Waals surface area contributed by atoms with E-state index in [-0.39, 0.29) is 12.4 Å². The first-order valence-corrected chi connectivity index (χ1v) is 5.88. The Kier molecular flexibility index (Phi) is 6.48. The smallest absolute Gasteiger partial charge is 0.238 e. The van der Waals surface area contributed by atoms with Crippen LogP contribution in [0, 0.1) is 0 Å². The predicted molar refractivity (Wildman–Crippen MR) is 71.6 cm³/mol. The van der Waals surface area contributed by atoms with Crippen molar-refractivity contribution in [3.63, 3.8) is 0 Å². The van der Waals surface area contributed by atoms with E-state index in [9.17, 15) is 4.79 Å². The Labute approximate surface area is 106 Å². The van der Waals surface area contributed by atoms with Gasteiger partial charge < -0.3 is 11.5 Å². The Morgan fingerprint density at radius 2 is 1.94 bits per heavy atom. The number of thioether (sulfide) groups is 1. The molecule has 0 aliphatic carbocycles. The zero-order chi connectivity index (χ0) is 11.3. The highest BCUT2D eigenvalue weighted by molar-refractivity contribution is 7.98. The summed E-state index contributed by atoms with van der Waals surface area (Å²) in [6, 6.07) is 10.1. The summed E-state index contributed by atoms with van der Waals surface area (Å²) in [5.74, 6) is 0.932. The second-order valence-electron chi connectivity index (χ2n) is 3.76. The highest BCUT2D eigenvalue weighted by Crippen LogP contribution is 2.16. The van der Waals surface area contributed by atoms with Crippen LogP contribution in [0.1, 0.15) is 12.5 Å². The van der Waals surface area contributed by atoms with Gasteiger partial charge in [-0.05, 0) is 12.5 Å². The van der Waals surface area contributed by atoms with E-state index < -0.39 is 11.4 Å². The topological polar surface area (TPSA) is 69.1 Å². The van der Waals surface area contributed by atoms with Gasteiger partial charge in [-0.1, -0.05) is 30.3 Å². The molecule has 0 aliphatic heterocycles. The van der Waals surface area contributed by atoms with Gasteiger partial charge in [0, 0.05) is 11.5 Å². The van der Waals surface area contributed by atoms with Crippen molar-refractivity contribution in [2.24, 2.45) is 11.5 Å². The van der Waals surface area contributed by atoms with Gasteiger partial charge in [0.1, 0.15) is 5.54 Å². The van der Waals surface area contributed by atoms with Crippen LogP contribution in [0.3, 0.4) is 0 Å². The maximum absolute atomic E-state index is 10.9. The molecular formula is C11H17ClN2OS. The lowest BCUT2D eigenvalue weighted by Crippen LogP contribution is -2.51. The highest BCUT2D eigenvalue weighted by atomic mass is 35.5. The molecule has 0 fully saturated rings. The molecule has 90 valence electrons. The van der Waals surface area contributed by atoms with E-state index >= 15 is 0 Å². The van der Waals surface area contributed by atoms with Crippen LogP contribution in [0.25, 0.3) is 0 Å². The van der Waals surface area contributed by atoms with E-state index in [1.807, 2.05) is 30.3 Å². The Morgan fingerprint density at radius 1 is 1.38 bits per heavy atom. The van der Waals surface area contributed by atoms with Gasteiger partial charge in [0.2, 0.25) is 5.91 Å². The number of hydrogen-bond donors (Lipinski definition) is 2. The maximum atomic E-state index is 10.9. The summed E-state index contributed by atoms with van der Waals surface area (Å²) in [6.45, 7) is 1.66. The molecule has 0 saturated heterocycles. The van der Waals surface area contributed by atoms with Crippen molar-refractivity contribution in [2.75, 3.05) is 5.75 Å². The molecular weight excluding hydrogens is 244 g/mol. The van der Waals surface area contributed by atoms with Crippen molar-refractivity contribution >= 4 is 30.1 Å². The first-order valence-electron chi connectivity index (χ1n) is 4.73. The lowest BCUT2D eigenvalue weighted by molar-refractivity contribution is -0.121. The molecule has 0 saturated carbocycles. The Balaban J connectivity index is 0.00000225. The normalized spacial score (nSPS) is 13.6. The molecule has 0 aromatic heterocycles. The summed E-state index contributed by atoms with van der Waals surface area (Å²) in [5.41, 5.74) is 11.2. The van der Waals surface area contributed by atoms with E-state index in [1.54, 1.807) is 18.7 Å². The first-order chi connectivity index (χ1) is 7.02. The fourth-order valence-corrected chi connectivity index (χ4v) is 2.12. The van der Waals surface area contributed by atoms with Crippen LogP contribution in [0.4, 0.5) is 0 Å². The molecule has 16 heavy (non-hydrogen) atoms. The first kappa shape index (κ1) is 15.3. The van der Waals surface area contributed by atoms with Gasteiger partial charge in [-0.3, -0.25) is 4.79 Å². The third-order valence-corrected chi connectivity index (χ3v) is 3.42. The number of benzene rings is 1. The minimum atomic E-state index is -0.917.